The number of rotatable bonds is 7. The molecule has 1 aromatic carbocycles. The molecular weight excluding hydrogens is 525 g/mol. The summed E-state index contributed by atoms with van der Waals surface area (Å²) < 4.78 is 5.57. The maximum atomic E-state index is 6.12. The number of halogens is 2. The first-order valence-corrected chi connectivity index (χ1v) is 11.8. The quantitative estimate of drug-likeness (QED) is 0.301. The molecule has 0 radical (unpaired) electrons. The van der Waals surface area contributed by atoms with Crippen LogP contribution in [0.1, 0.15) is 45.2 Å². The molecule has 1 atom stereocenters. The highest BCUT2D eigenvalue weighted by atomic mass is 127. The number of hydrogen-bond donors (Lipinski definition) is 2. The molecule has 2 aliphatic rings. The van der Waals surface area contributed by atoms with Gasteiger partial charge in [-0.2, -0.15) is 0 Å². The fraction of sp³-hybridized carbons (Fsp3) is 0.696. The van der Waals surface area contributed by atoms with Gasteiger partial charge in [-0.3, -0.25) is 9.89 Å². The number of morpholine rings is 1. The highest BCUT2D eigenvalue weighted by Gasteiger charge is 2.24. The summed E-state index contributed by atoms with van der Waals surface area (Å²) >= 11 is 6.12. The SMILES string of the molecule is CCNC(=NCC(c1ccc(Cl)cc1)N1CCOCC1)NC1CCN(C(C)C)CC1.I. The number of ether oxygens (including phenoxy) is 1. The molecule has 0 aliphatic carbocycles. The number of hydrogen-bond acceptors (Lipinski definition) is 4. The number of piperidine rings is 1. The van der Waals surface area contributed by atoms with E-state index in [0.717, 1.165) is 69.8 Å². The van der Waals surface area contributed by atoms with Crippen LogP contribution in [0.5, 0.6) is 0 Å². The number of guanidine groups is 1. The van der Waals surface area contributed by atoms with Gasteiger partial charge in [0, 0.05) is 49.8 Å². The smallest absolute Gasteiger partial charge is 0.191 e. The Kier molecular flexibility index (Phi) is 11.9. The summed E-state index contributed by atoms with van der Waals surface area (Å²) in [6.45, 7) is 14.0. The number of likely N-dealkylation sites (tertiary alicyclic amines) is 1. The predicted octanol–water partition coefficient (Wildman–Crippen LogP) is 3.76. The van der Waals surface area contributed by atoms with Crippen molar-refractivity contribution in [3.05, 3.63) is 34.9 Å². The van der Waals surface area contributed by atoms with Crippen molar-refractivity contribution in [2.24, 2.45) is 4.99 Å². The highest BCUT2D eigenvalue weighted by molar-refractivity contribution is 14.0. The Morgan fingerprint density at radius 3 is 2.32 bits per heavy atom. The molecule has 0 bridgehead atoms. The van der Waals surface area contributed by atoms with Gasteiger partial charge in [-0.25, -0.2) is 0 Å². The van der Waals surface area contributed by atoms with Crippen LogP contribution in [0.15, 0.2) is 29.3 Å². The lowest BCUT2D eigenvalue weighted by Gasteiger charge is -2.36. The molecule has 31 heavy (non-hydrogen) atoms. The molecule has 3 rings (SSSR count). The monoisotopic (exact) mass is 563 g/mol. The number of benzene rings is 1. The summed E-state index contributed by atoms with van der Waals surface area (Å²) in [7, 11) is 0. The average Bonchev–Trinajstić information content (AvgIpc) is 2.76. The Morgan fingerprint density at radius 1 is 1.10 bits per heavy atom. The van der Waals surface area contributed by atoms with Crippen molar-refractivity contribution in [2.75, 3.05) is 52.5 Å². The molecule has 2 heterocycles. The van der Waals surface area contributed by atoms with Gasteiger partial charge in [0.15, 0.2) is 5.96 Å². The number of nitrogens with one attached hydrogen (secondary N) is 2. The predicted molar refractivity (Wildman–Crippen MR) is 141 cm³/mol. The molecule has 2 fully saturated rings. The van der Waals surface area contributed by atoms with Gasteiger partial charge >= 0.3 is 0 Å². The van der Waals surface area contributed by atoms with Gasteiger partial charge in [0.05, 0.1) is 25.8 Å². The standard InChI is InChI=1S/C23H38ClN5O.HI/c1-4-25-23(27-21-9-11-28(12-10-21)18(2)3)26-17-22(29-13-15-30-16-14-29)19-5-7-20(24)8-6-19;/h5-8,18,21-22H,4,9-17H2,1-3H3,(H2,25,26,27);1H. The molecule has 2 N–H and O–H groups in total. The summed E-state index contributed by atoms with van der Waals surface area (Å²) in [5.74, 6) is 0.924. The molecule has 1 aromatic rings. The molecule has 6 nitrogen and oxygen atoms in total. The van der Waals surface area contributed by atoms with Crippen molar-refractivity contribution >= 4 is 41.5 Å². The normalized spacial score (nSPS) is 20.4. The van der Waals surface area contributed by atoms with E-state index in [4.69, 9.17) is 21.3 Å². The zero-order valence-corrected chi connectivity index (χ0v) is 22.2. The first-order valence-electron chi connectivity index (χ1n) is 11.4. The molecule has 2 saturated heterocycles. The Balaban J connectivity index is 0.00000341. The minimum atomic E-state index is 0. The van der Waals surface area contributed by atoms with E-state index in [1.54, 1.807) is 0 Å². The zero-order chi connectivity index (χ0) is 21.3. The third-order valence-electron chi connectivity index (χ3n) is 6.11. The molecule has 8 heteroatoms. The summed E-state index contributed by atoms with van der Waals surface area (Å²) in [5.41, 5.74) is 1.26. The van der Waals surface area contributed by atoms with Crippen molar-refractivity contribution in [3.63, 3.8) is 0 Å². The van der Waals surface area contributed by atoms with Crippen molar-refractivity contribution in [2.45, 2.75) is 51.7 Å². The lowest BCUT2D eigenvalue weighted by atomic mass is 10.0. The Bertz CT molecular complexity index is 658. The molecule has 2 aliphatic heterocycles. The first-order chi connectivity index (χ1) is 14.6. The van der Waals surface area contributed by atoms with Crippen LogP contribution in [-0.4, -0.2) is 80.3 Å². The third kappa shape index (κ3) is 8.35. The maximum Gasteiger partial charge on any atom is 0.191 e. The van der Waals surface area contributed by atoms with E-state index < -0.39 is 0 Å². The second-order valence-electron chi connectivity index (χ2n) is 8.48. The Hall–Kier alpha value is -0.610. The van der Waals surface area contributed by atoms with Crippen LogP contribution >= 0.6 is 35.6 Å². The second kappa shape index (κ2) is 13.8. The largest absolute Gasteiger partial charge is 0.379 e. The Labute approximate surface area is 210 Å². The van der Waals surface area contributed by atoms with Gasteiger partial charge in [0.2, 0.25) is 0 Å². The van der Waals surface area contributed by atoms with Crippen molar-refractivity contribution in [1.82, 2.24) is 20.4 Å². The second-order valence-corrected chi connectivity index (χ2v) is 8.92. The van der Waals surface area contributed by atoms with Crippen LogP contribution in [0.2, 0.25) is 5.02 Å². The third-order valence-corrected chi connectivity index (χ3v) is 6.36. The van der Waals surface area contributed by atoms with Crippen molar-refractivity contribution in [1.29, 1.82) is 0 Å². The van der Waals surface area contributed by atoms with Gasteiger partial charge in [-0.05, 0) is 51.3 Å². The maximum absolute atomic E-state index is 6.12. The molecule has 0 amide bonds. The lowest BCUT2D eigenvalue weighted by molar-refractivity contribution is 0.0179. The van der Waals surface area contributed by atoms with Crippen molar-refractivity contribution < 1.29 is 4.74 Å². The number of nitrogens with zero attached hydrogens (tertiary/aromatic N) is 3. The van der Waals surface area contributed by atoms with E-state index >= 15 is 0 Å². The van der Waals surface area contributed by atoms with E-state index in [-0.39, 0.29) is 30.0 Å². The summed E-state index contributed by atoms with van der Waals surface area (Å²) in [6, 6.07) is 9.53. The lowest BCUT2D eigenvalue weighted by Crippen LogP contribution is -2.50. The average molecular weight is 564 g/mol. The van der Waals surface area contributed by atoms with Crippen LogP contribution in [0.3, 0.4) is 0 Å². The molecule has 0 aromatic heterocycles. The molecule has 176 valence electrons. The summed E-state index contributed by atoms with van der Waals surface area (Å²) in [6.07, 6.45) is 2.32. The Morgan fingerprint density at radius 2 is 1.74 bits per heavy atom. The first kappa shape index (κ1) is 26.6. The molecule has 1 unspecified atom stereocenters. The zero-order valence-electron chi connectivity index (χ0n) is 19.1. The van der Waals surface area contributed by atoms with Gasteiger partial charge in [-0.1, -0.05) is 23.7 Å². The van der Waals surface area contributed by atoms with Crippen LogP contribution < -0.4 is 10.6 Å². The van der Waals surface area contributed by atoms with E-state index in [1.807, 2.05) is 12.1 Å². The highest BCUT2D eigenvalue weighted by Crippen LogP contribution is 2.24. The van der Waals surface area contributed by atoms with Crippen LogP contribution in [0, 0.1) is 0 Å². The summed E-state index contributed by atoms with van der Waals surface area (Å²) in [4.78, 5) is 10.0. The van der Waals surface area contributed by atoms with Crippen molar-refractivity contribution in [3.8, 4) is 0 Å². The minimum absolute atomic E-state index is 0. The van der Waals surface area contributed by atoms with Gasteiger partial charge < -0.3 is 20.3 Å². The van der Waals surface area contributed by atoms with E-state index in [9.17, 15) is 0 Å². The van der Waals surface area contributed by atoms with Gasteiger partial charge in [-0.15, -0.1) is 24.0 Å². The number of aliphatic imine (C=N–C) groups is 1. The minimum Gasteiger partial charge on any atom is -0.379 e. The van der Waals surface area contributed by atoms with Crippen LogP contribution in [0.4, 0.5) is 0 Å². The molecule has 0 saturated carbocycles. The fourth-order valence-corrected chi connectivity index (χ4v) is 4.38. The van der Waals surface area contributed by atoms with E-state index in [0.29, 0.717) is 18.6 Å². The fourth-order valence-electron chi connectivity index (χ4n) is 4.26. The summed E-state index contributed by atoms with van der Waals surface area (Å²) in [5, 5.41) is 7.90. The van der Waals surface area contributed by atoms with Gasteiger partial charge in [0.25, 0.3) is 0 Å². The molecule has 0 spiro atoms. The van der Waals surface area contributed by atoms with Crippen LogP contribution in [0.25, 0.3) is 0 Å². The van der Waals surface area contributed by atoms with E-state index in [1.165, 1.54) is 5.56 Å². The van der Waals surface area contributed by atoms with E-state index in [2.05, 4.69) is 53.3 Å². The van der Waals surface area contributed by atoms with Crippen LogP contribution in [-0.2, 0) is 4.74 Å². The van der Waals surface area contributed by atoms with Gasteiger partial charge in [0.1, 0.15) is 0 Å². The molecular formula is C23H39ClIN5O. The topological polar surface area (TPSA) is 52.1 Å².